The van der Waals surface area contributed by atoms with Crippen LogP contribution < -0.4 is 10.0 Å². The number of nitrogens with one attached hydrogen (secondary N) is 2. The van der Waals surface area contributed by atoms with Crippen molar-refractivity contribution in [1.29, 1.82) is 0 Å². The summed E-state index contributed by atoms with van der Waals surface area (Å²) in [6.07, 6.45) is 4.23. The van der Waals surface area contributed by atoms with Crippen molar-refractivity contribution in [2.75, 3.05) is 11.0 Å². The summed E-state index contributed by atoms with van der Waals surface area (Å²) < 4.78 is 24.7. The highest BCUT2D eigenvalue weighted by atomic mass is 32.2. The summed E-state index contributed by atoms with van der Waals surface area (Å²) in [6, 6.07) is 16.4. The largest absolute Gasteiger partial charge is 0.346 e. The van der Waals surface area contributed by atoms with Crippen LogP contribution in [0.1, 0.15) is 24.1 Å². The molecule has 0 radical (unpaired) electrons. The number of carbonyl (C=O) groups excluding carboxylic acids is 1. The Bertz CT molecular complexity index is 813. The van der Waals surface area contributed by atoms with Gasteiger partial charge in [-0.05, 0) is 36.3 Å². The van der Waals surface area contributed by atoms with Gasteiger partial charge in [0.05, 0.1) is 12.3 Å². The van der Waals surface area contributed by atoms with E-state index in [9.17, 15) is 13.2 Å². The molecular formula is C18H20N2O3S. The molecule has 2 aromatic rings. The lowest BCUT2D eigenvalue weighted by Gasteiger charge is -2.12. The Balaban J connectivity index is 1.94. The van der Waals surface area contributed by atoms with E-state index in [1.807, 2.05) is 37.3 Å². The third-order valence-electron chi connectivity index (χ3n) is 3.30. The third kappa shape index (κ3) is 5.89. The van der Waals surface area contributed by atoms with Gasteiger partial charge < -0.3 is 5.32 Å². The Morgan fingerprint density at radius 2 is 1.67 bits per heavy atom. The van der Waals surface area contributed by atoms with Gasteiger partial charge in [0, 0.05) is 11.8 Å². The Labute approximate surface area is 142 Å². The maximum Gasteiger partial charge on any atom is 0.244 e. The summed E-state index contributed by atoms with van der Waals surface area (Å²) in [5.41, 5.74) is 2.32. The van der Waals surface area contributed by atoms with Gasteiger partial charge >= 0.3 is 0 Å². The normalized spacial score (nSPS) is 12.8. The van der Waals surface area contributed by atoms with E-state index in [0.717, 1.165) is 17.4 Å². The van der Waals surface area contributed by atoms with Crippen molar-refractivity contribution in [2.45, 2.75) is 13.0 Å². The first-order chi connectivity index (χ1) is 11.3. The number of hydrogen-bond acceptors (Lipinski definition) is 3. The number of carbonyl (C=O) groups is 1. The number of benzene rings is 2. The quantitative estimate of drug-likeness (QED) is 0.791. The molecule has 0 heterocycles. The minimum atomic E-state index is -3.29. The van der Waals surface area contributed by atoms with Crippen molar-refractivity contribution in [3.63, 3.8) is 0 Å². The van der Waals surface area contributed by atoms with Crippen LogP contribution in [0, 0.1) is 0 Å². The Hall–Kier alpha value is -2.60. The first-order valence-electron chi connectivity index (χ1n) is 7.45. The molecule has 0 bridgehead atoms. The highest BCUT2D eigenvalue weighted by Gasteiger charge is 2.06. The molecule has 2 N–H and O–H groups in total. The zero-order valence-electron chi connectivity index (χ0n) is 13.6. The standard InChI is InChI=1S/C18H20N2O3S/c1-14(16-6-4-3-5-7-16)19-18(21)13-10-15-8-11-17(12-9-15)20-24(2,22)23/h3-14,20H,1-2H3,(H,19,21)/b13-10+. The Morgan fingerprint density at radius 3 is 2.25 bits per heavy atom. The fourth-order valence-electron chi connectivity index (χ4n) is 2.13. The minimum absolute atomic E-state index is 0.0790. The number of anilines is 1. The van der Waals surface area contributed by atoms with Crippen LogP contribution in [-0.4, -0.2) is 20.6 Å². The van der Waals surface area contributed by atoms with Gasteiger partial charge in [-0.3, -0.25) is 9.52 Å². The average molecular weight is 344 g/mol. The molecular weight excluding hydrogens is 324 g/mol. The molecule has 24 heavy (non-hydrogen) atoms. The number of amides is 1. The van der Waals surface area contributed by atoms with E-state index < -0.39 is 10.0 Å². The average Bonchev–Trinajstić information content (AvgIpc) is 2.53. The molecule has 0 fully saturated rings. The van der Waals surface area contributed by atoms with E-state index in [1.165, 1.54) is 6.08 Å². The van der Waals surface area contributed by atoms with Crippen LogP contribution in [0.2, 0.25) is 0 Å². The van der Waals surface area contributed by atoms with Crippen molar-refractivity contribution in [1.82, 2.24) is 5.32 Å². The van der Waals surface area contributed by atoms with Crippen LogP contribution in [0.25, 0.3) is 6.08 Å². The fraction of sp³-hybridized carbons (Fsp3) is 0.167. The van der Waals surface area contributed by atoms with Crippen LogP contribution in [-0.2, 0) is 14.8 Å². The van der Waals surface area contributed by atoms with Gasteiger partial charge in [0.15, 0.2) is 0 Å². The lowest BCUT2D eigenvalue weighted by atomic mass is 10.1. The van der Waals surface area contributed by atoms with Gasteiger partial charge in [0.2, 0.25) is 15.9 Å². The van der Waals surface area contributed by atoms with E-state index in [-0.39, 0.29) is 11.9 Å². The van der Waals surface area contributed by atoms with Crippen LogP contribution in [0.5, 0.6) is 0 Å². The number of rotatable bonds is 6. The first kappa shape index (κ1) is 17.7. The predicted octanol–water partition coefficient (Wildman–Crippen LogP) is 2.95. The number of hydrogen-bond donors (Lipinski definition) is 2. The van der Waals surface area contributed by atoms with E-state index in [2.05, 4.69) is 10.0 Å². The van der Waals surface area contributed by atoms with Gasteiger partial charge in [-0.2, -0.15) is 0 Å². The lowest BCUT2D eigenvalue weighted by Crippen LogP contribution is -2.24. The van der Waals surface area contributed by atoms with E-state index in [4.69, 9.17) is 0 Å². The Kier molecular flexibility index (Phi) is 5.76. The van der Waals surface area contributed by atoms with Crippen molar-refractivity contribution < 1.29 is 13.2 Å². The zero-order valence-corrected chi connectivity index (χ0v) is 14.4. The molecule has 0 aliphatic rings. The second kappa shape index (κ2) is 7.79. The fourth-order valence-corrected chi connectivity index (χ4v) is 2.70. The molecule has 126 valence electrons. The summed E-state index contributed by atoms with van der Waals surface area (Å²) in [6.45, 7) is 1.92. The molecule has 0 spiro atoms. The van der Waals surface area contributed by atoms with Gasteiger partial charge in [-0.25, -0.2) is 8.42 Å². The first-order valence-corrected chi connectivity index (χ1v) is 9.34. The van der Waals surface area contributed by atoms with Gasteiger partial charge in [0.25, 0.3) is 0 Å². The molecule has 0 aromatic heterocycles. The lowest BCUT2D eigenvalue weighted by molar-refractivity contribution is -0.117. The van der Waals surface area contributed by atoms with Gasteiger partial charge in [-0.15, -0.1) is 0 Å². The van der Waals surface area contributed by atoms with Crippen molar-refractivity contribution in [3.8, 4) is 0 Å². The molecule has 0 aliphatic heterocycles. The number of sulfonamides is 1. The zero-order chi connectivity index (χ0) is 17.6. The summed E-state index contributed by atoms with van der Waals surface area (Å²) in [4.78, 5) is 12.0. The predicted molar refractivity (Wildman–Crippen MR) is 96.9 cm³/mol. The molecule has 5 nitrogen and oxygen atoms in total. The SMILES string of the molecule is CC(NC(=O)/C=C/c1ccc(NS(C)(=O)=O)cc1)c1ccccc1. The maximum atomic E-state index is 12.0. The topological polar surface area (TPSA) is 75.3 Å². The second-order valence-electron chi connectivity index (χ2n) is 5.47. The smallest absolute Gasteiger partial charge is 0.244 e. The summed E-state index contributed by atoms with van der Waals surface area (Å²) in [5, 5.41) is 2.89. The highest BCUT2D eigenvalue weighted by molar-refractivity contribution is 7.92. The van der Waals surface area contributed by atoms with E-state index in [1.54, 1.807) is 30.3 Å². The van der Waals surface area contributed by atoms with Crippen LogP contribution in [0.4, 0.5) is 5.69 Å². The summed E-state index contributed by atoms with van der Waals surface area (Å²) in [7, 11) is -3.29. The molecule has 1 unspecified atom stereocenters. The second-order valence-corrected chi connectivity index (χ2v) is 7.22. The van der Waals surface area contributed by atoms with Crippen molar-refractivity contribution in [3.05, 3.63) is 71.8 Å². The molecule has 2 aromatic carbocycles. The molecule has 6 heteroatoms. The van der Waals surface area contributed by atoms with Crippen LogP contribution in [0.3, 0.4) is 0 Å². The Morgan fingerprint density at radius 1 is 1.04 bits per heavy atom. The van der Waals surface area contributed by atoms with E-state index >= 15 is 0 Å². The molecule has 2 rings (SSSR count). The molecule has 0 saturated carbocycles. The van der Waals surface area contributed by atoms with Crippen molar-refractivity contribution in [2.24, 2.45) is 0 Å². The molecule has 0 aliphatic carbocycles. The van der Waals surface area contributed by atoms with E-state index in [0.29, 0.717) is 5.69 Å². The monoisotopic (exact) mass is 344 g/mol. The van der Waals surface area contributed by atoms with Crippen LogP contribution >= 0.6 is 0 Å². The summed E-state index contributed by atoms with van der Waals surface area (Å²) >= 11 is 0. The minimum Gasteiger partial charge on any atom is -0.346 e. The highest BCUT2D eigenvalue weighted by Crippen LogP contribution is 2.13. The van der Waals surface area contributed by atoms with Gasteiger partial charge in [0.1, 0.15) is 0 Å². The summed E-state index contributed by atoms with van der Waals surface area (Å²) in [5.74, 6) is -0.190. The van der Waals surface area contributed by atoms with Gasteiger partial charge in [-0.1, -0.05) is 42.5 Å². The molecule has 1 amide bonds. The maximum absolute atomic E-state index is 12.0. The third-order valence-corrected chi connectivity index (χ3v) is 3.91. The molecule has 0 saturated heterocycles. The molecule has 1 atom stereocenters. The van der Waals surface area contributed by atoms with Crippen molar-refractivity contribution >= 4 is 27.7 Å². The van der Waals surface area contributed by atoms with Crippen LogP contribution in [0.15, 0.2) is 60.7 Å².